The number of hydrogen-bond acceptors (Lipinski definition) is 2. The molecule has 1 aromatic heterocycles. The van der Waals surface area contributed by atoms with Gasteiger partial charge in [-0.05, 0) is 5.56 Å². The van der Waals surface area contributed by atoms with E-state index in [4.69, 9.17) is 0 Å². The van der Waals surface area contributed by atoms with Gasteiger partial charge in [-0.1, -0.05) is 37.3 Å². The van der Waals surface area contributed by atoms with Gasteiger partial charge in [0.1, 0.15) is 0 Å². The van der Waals surface area contributed by atoms with Crippen LogP contribution in [0.25, 0.3) is 0 Å². The number of H-pyrrole nitrogens is 2. The quantitative estimate of drug-likeness (QED) is 0.792. The van der Waals surface area contributed by atoms with E-state index in [9.17, 15) is 9.59 Å². The lowest BCUT2D eigenvalue weighted by Gasteiger charge is -2.10. The van der Waals surface area contributed by atoms with E-state index in [0.717, 1.165) is 5.56 Å². The third-order valence-corrected chi connectivity index (χ3v) is 2.55. The van der Waals surface area contributed by atoms with Gasteiger partial charge in [0, 0.05) is 17.7 Å². The molecule has 0 bridgehead atoms. The molecular formula is C12H12N2O2. The molecular weight excluding hydrogens is 204 g/mol. The summed E-state index contributed by atoms with van der Waals surface area (Å²) in [6, 6.07) is 11.1. The van der Waals surface area contributed by atoms with Crippen LogP contribution >= 0.6 is 0 Å². The Morgan fingerprint density at radius 2 is 1.75 bits per heavy atom. The Bertz CT molecular complexity index is 555. The number of aromatic nitrogens is 2. The molecule has 2 rings (SSSR count). The van der Waals surface area contributed by atoms with Gasteiger partial charge in [-0.25, -0.2) is 4.79 Å². The van der Waals surface area contributed by atoms with Crippen molar-refractivity contribution in [2.24, 2.45) is 0 Å². The SMILES string of the molecule is C[C@H](c1ccccc1)c1cc(=O)[nH]c(=O)[nH]1. The Hall–Kier alpha value is -2.10. The summed E-state index contributed by atoms with van der Waals surface area (Å²) in [5.74, 6) is -0.00352. The maximum atomic E-state index is 11.2. The van der Waals surface area contributed by atoms with E-state index in [-0.39, 0.29) is 11.5 Å². The van der Waals surface area contributed by atoms with E-state index in [2.05, 4.69) is 9.97 Å². The van der Waals surface area contributed by atoms with Crippen LogP contribution in [0.15, 0.2) is 46.0 Å². The zero-order valence-corrected chi connectivity index (χ0v) is 8.86. The van der Waals surface area contributed by atoms with E-state index in [0.29, 0.717) is 5.69 Å². The number of benzene rings is 1. The molecule has 0 unspecified atom stereocenters. The molecule has 0 saturated carbocycles. The molecule has 4 nitrogen and oxygen atoms in total. The van der Waals surface area contributed by atoms with Gasteiger partial charge in [-0.2, -0.15) is 0 Å². The first kappa shape index (κ1) is 10.4. The Kier molecular flexibility index (Phi) is 2.72. The molecule has 0 aliphatic rings. The van der Waals surface area contributed by atoms with Crippen molar-refractivity contribution in [2.45, 2.75) is 12.8 Å². The van der Waals surface area contributed by atoms with Crippen molar-refractivity contribution in [1.29, 1.82) is 0 Å². The van der Waals surface area contributed by atoms with Crippen molar-refractivity contribution >= 4 is 0 Å². The van der Waals surface area contributed by atoms with Gasteiger partial charge in [0.05, 0.1) is 0 Å². The van der Waals surface area contributed by atoms with E-state index in [1.54, 1.807) is 0 Å². The van der Waals surface area contributed by atoms with Crippen LogP contribution in [0.4, 0.5) is 0 Å². The molecule has 0 fully saturated rings. The van der Waals surface area contributed by atoms with Gasteiger partial charge in [-0.3, -0.25) is 9.78 Å². The second-order valence-electron chi connectivity index (χ2n) is 3.68. The molecule has 1 aromatic carbocycles. The van der Waals surface area contributed by atoms with Crippen molar-refractivity contribution in [3.05, 3.63) is 68.5 Å². The highest BCUT2D eigenvalue weighted by molar-refractivity contribution is 5.26. The summed E-state index contributed by atoms with van der Waals surface area (Å²) in [4.78, 5) is 27.1. The van der Waals surface area contributed by atoms with Crippen LogP contribution in [-0.2, 0) is 0 Å². The number of nitrogens with one attached hydrogen (secondary N) is 2. The first-order valence-electron chi connectivity index (χ1n) is 5.05. The minimum atomic E-state index is -0.467. The second kappa shape index (κ2) is 4.18. The summed E-state index contributed by atoms with van der Waals surface area (Å²) in [6.07, 6.45) is 0. The minimum absolute atomic E-state index is 0.00352. The zero-order chi connectivity index (χ0) is 11.5. The zero-order valence-electron chi connectivity index (χ0n) is 8.86. The van der Waals surface area contributed by atoms with Crippen molar-refractivity contribution in [3.8, 4) is 0 Å². The highest BCUT2D eigenvalue weighted by atomic mass is 16.2. The molecule has 0 radical (unpaired) electrons. The number of hydrogen-bond donors (Lipinski definition) is 2. The van der Waals surface area contributed by atoms with Crippen LogP contribution in [0.5, 0.6) is 0 Å². The topological polar surface area (TPSA) is 65.7 Å². The van der Waals surface area contributed by atoms with Gasteiger partial charge >= 0.3 is 5.69 Å². The highest BCUT2D eigenvalue weighted by Crippen LogP contribution is 2.19. The molecule has 0 saturated heterocycles. The monoisotopic (exact) mass is 216 g/mol. The number of rotatable bonds is 2. The molecule has 0 aliphatic heterocycles. The summed E-state index contributed by atoms with van der Waals surface area (Å²) in [5, 5.41) is 0. The van der Waals surface area contributed by atoms with Crippen LogP contribution in [-0.4, -0.2) is 9.97 Å². The minimum Gasteiger partial charge on any atom is -0.311 e. The van der Waals surface area contributed by atoms with Gasteiger partial charge in [-0.15, -0.1) is 0 Å². The highest BCUT2D eigenvalue weighted by Gasteiger charge is 2.09. The molecule has 2 aromatic rings. The molecule has 0 amide bonds. The molecule has 0 spiro atoms. The lowest BCUT2D eigenvalue weighted by atomic mass is 9.98. The maximum Gasteiger partial charge on any atom is 0.325 e. The van der Waals surface area contributed by atoms with Crippen molar-refractivity contribution in [2.75, 3.05) is 0 Å². The maximum absolute atomic E-state index is 11.2. The Morgan fingerprint density at radius 3 is 2.38 bits per heavy atom. The van der Waals surface area contributed by atoms with E-state index in [1.807, 2.05) is 37.3 Å². The largest absolute Gasteiger partial charge is 0.325 e. The fraction of sp³-hybridized carbons (Fsp3) is 0.167. The summed E-state index contributed by atoms with van der Waals surface area (Å²) in [5.41, 5.74) is 0.843. The molecule has 4 heteroatoms. The molecule has 1 atom stereocenters. The predicted octanol–water partition coefficient (Wildman–Crippen LogP) is 1.21. The number of aromatic amines is 2. The van der Waals surface area contributed by atoms with Gasteiger partial charge < -0.3 is 4.98 Å². The summed E-state index contributed by atoms with van der Waals surface area (Å²) >= 11 is 0. The lowest BCUT2D eigenvalue weighted by molar-refractivity contribution is 0.835. The molecule has 2 N–H and O–H groups in total. The van der Waals surface area contributed by atoms with Crippen molar-refractivity contribution in [1.82, 2.24) is 9.97 Å². The van der Waals surface area contributed by atoms with Crippen LogP contribution < -0.4 is 11.2 Å². The van der Waals surface area contributed by atoms with Crippen LogP contribution in [0.2, 0.25) is 0 Å². The van der Waals surface area contributed by atoms with Crippen LogP contribution in [0.3, 0.4) is 0 Å². The molecule has 82 valence electrons. The van der Waals surface area contributed by atoms with E-state index >= 15 is 0 Å². The molecule has 1 heterocycles. The Labute approximate surface area is 92.0 Å². The first-order valence-corrected chi connectivity index (χ1v) is 5.05. The summed E-state index contributed by atoms with van der Waals surface area (Å²) in [6.45, 7) is 1.94. The third kappa shape index (κ3) is 2.11. The fourth-order valence-corrected chi connectivity index (χ4v) is 1.64. The van der Waals surface area contributed by atoms with Crippen LogP contribution in [0, 0.1) is 0 Å². The molecule has 0 aliphatic carbocycles. The third-order valence-electron chi connectivity index (χ3n) is 2.55. The van der Waals surface area contributed by atoms with Crippen molar-refractivity contribution < 1.29 is 0 Å². The van der Waals surface area contributed by atoms with Gasteiger partial charge in [0.15, 0.2) is 0 Å². The van der Waals surface area contributed by atoms with Crippen LogP contribution in [0.1, 0.15) is 24.1 Å². The smallest absolute Gasteiger partial charge is 0.311 e. The van der Waals surface area contributed by atoms with Gasteiger partial charge in [0.2, 0.25) is 0 Å². The fourth-order valence-electron chi connectivity index (χ4n) is 1.64. The normalized spacial score (nSPS) is 12.3. The predicted molar refractivity (Wildman–Crippen MR) is 61.6 cm³/mol. The first-order chi connectivity index (χ1) is 7.66. The van der Waals surface area contributed by atoms with E-state index in [1.165, 1.54) is 6.07 Å². The average molecular weight is 216 g/mol. The summed E-state index contributed by atoms with van der Waals surface area (Å²) in [7, 11) is 0. The average Bonchev–Trinajstić information content (AvgIpc) is 2.28. The second-order valence-corrected chi connectivity index (χ2v) is 3.68. The Morgan fingerprint density at radius 1 is 1.06 bits per heavy atom. The molecule has 16 heavy (non-hydrogen) atoms. The standard InChI is InChI=1S/C12H12N2O2/c1-8(9-5-3-2-4-6-9)10-7-11(15)14-12(16)13-10/h2-8H,1H3,(H2,13,14,15,16)/t8-/m1/s1. The van der Waals surface area contributed by atoms with Crippen molar-refractivity contribution in [3.63, 3.8) is 0 Å². The van der Waals surface area contributed by atoms with E-state index < -0.39 is 5.69 Å². The Balaban J connectivity index is 2.45. The summed E-state index contributed by atoms with van der Waals surface area (Å²) < 4.78 is 0. The lowest BCUT2D eigenvalue weighted by Crippen LogP contribution is -2.23. The van der Waals surface area contributed by atoms with Gasteiger partial charge in [0.25, 0.3) is 5.56 Å².